The highest BCUT2D eigenvalue weighted by atomic mass is 15.1. The van der Waals surface area contributed by atoms with Crippen molar-refractivity contribution in [2.24, 2.45) is 0 Å². The van der Waals surface area contributed by atoms with Gasteiger partial charge < -0.3 is 4.90 Å². The molecule has 2 heteroatoms. The molecule has 0 aromatic heterocycles. The van der Waals surface area contributed by atoms with Crippen LogP contribution in [0.25, 0.3) is 5.70 Å². The summed E-state index contributed by atoms with van der Waals surface area (Å²) in [6.07, 6.45) is 2.27. The third kappa shape index (κ3) is 3.46. The van der Waals surface area contributed by atoms with Gasteiger partial charge in [-0.25, -0.2) is 0 Å². The van der Waals surface area contributed by atoms with Crippen molar-refractivity contribution in [1.82, 2.24) is 4.90 Å². The molecule has 3 rings (SSSR count). The van der Waals surface area contributed by atoms with Gasteiger partial charge >= 0.3 is 0 Å². The third-order valence-electron chi connectivity index (χ3n) is 4.77. The van der Waals surface area contributed by atoms with E-state index < -0.39 is 0 Å². The van der Waals surface area contributed by atoms with E-state index in [9.17, 15) is 0 Å². The van der Waals surface area contributed by atoms with E-state index in [1.807, 2.05) is 12.1 Å². The molecule has 0 radical (unpaired) electrons. The number of hydrogen-bond acceptors (Lipinski definition) is 2. The van der Waals surface area contributed by atoms with Gasteiger partial charge in [0.05, 0.1) is 11.6 Å². The Balaban J connectivity index is 1.62. The van der Waals surface area contributed by atoms with Gasteiger partial charge in [0.15, 0.2) is 0 Å². The smallest absolute Gasteiger partial charge is 0.0991 e. The predicted molar refractivity (Wildman–Crippen MR) is 94.9 cm³/mol. The molecular weight excluding hydrogens is 280 g/mol. The van der Waals surface area contributed by atoms with Gasteiger partial charge in [0.2, 0.25) is 0 Å². The summed E-state index contributed by atoms with van der Waals surface area (Å²) in [5, 5.41) is 8.89. The zero-order chi connectivity index (χ0) is 16.2. The summed E-state index contributed by atoms with van der Waals surface area (Å²) in [4.78, 5) is 2.39. The summed E-state index contributed by atoms with van der Waals surface area (Å²) in [5.41, 5.74) is 5.71. The largest absolute Gasteiger partial charge is 0.371 e. The van der Waals surface area contributed by atoms with Gasteiger partial charge in [0.25, 0.3) is 0 Å². The minimum absolute atomic E-state index is 0.588. The molecule has 1 saturated heterocycles. The van der Waals surface area contributed by atoms with Crippen LogP contribution in [0.2, 0.25) is 0 Å². The zero-order valence-corrected chi connectivity index (χ0v) is 13.6. The monoisotopic (exact) mass is 302 g/mol. The van der Waals surface area contributed by atoms with E-state index in [0.717, 1.165) is 37.2 Å². The van der Waals surface area contributed by atoms with Crippen LogP contribution in [0.15, 0.2) is 55.1 Å². The molecule has 0 amide bonds. The molecule has 0 aliphatic carbocycles. The topological polar surface area (TPSA) is 27.0 Å². The van der Waals surface area contributed by atoms with Crippen molar-refractivity contribution in [3.05, 3.63) is 77.4 Å². The van der Waals surface area contributed by atoms with Crippen molar-refractivity contribution in [1.29, 1.82) is 5.26 Å². The molecule has 2 nitrogen and oxygen atoms in total. The second kappa shape index (κ2) is 6.71. The molecule has 0 unspecified atom stereocenters. The highest BCUT2D eigenvalue weighted by Gasteiger charge is 2.21. The maximum atomic E-state index is 8.89. The lowest BCUT2D eigenvalue weighted by Crippen LogP contribution is -2.31. The molecule has 1 aliphatic heterocycles. The van der Waals surface area contributed by atoms with E-state index in [4.69, 9.17) is 5.26 Å². The van der Waals surface area contributed by atoms with Gasteiger partial charge in [-0.1, -0.05) is 48.5 Å². The molecular formula is C21H22N2. The number of aryl methyl sites for hydroxylation is 1. The summed E-state index contributed by atoms with van der Waals surface area (Å²) < 4.78 is 0. The van der Waals surface area contributed by atoms with E-state index in [2.05, 4.69) is 60.9 Å². The average Bonchev–Trinajstić information content (AvgIpc) is 2.62. The summed E-state index contributed by atoms with van der Waals surface area (Å²) in [7, 11) is 0. The van der Waals surface area contributed by atoms with Gasteiger partial charge in [-0.15, -0.1) is 0 Å². The molecule has 2 aromatic carbocycles. The number of hydrogen-bond donors (Lipinski definition) is 0. The molecule has 0 saturated carbocycles. The van der Waals surface area contributed by atoms with Crippen molar-refractivity contribution >= 4 is 5.70 Å². The maximum absolute atomic E-state index is 8.89. The number of nitriles is 1. The van der Waals surface area contributed by atoms with Crippen LogP contribution in [-0.4, -0.2) is 18.0 Å². The molecule has 0 atom stereocenters. The van der Waals surface area contributed by atoms with Crippen LogP contribution in [0.3, 0.4) is 0 Å². The highest BCUT2D eigenvalue weighted by molar-refractivity contribution is 5.62. The second-order valence-electron chi connectivity index (χ2n) is 6.31. The SMILES string of the molecule is C=C(c1ccc(C)cc1)N1CCC(c2ccc(C#N)cc2)CC1. The van der Waals surface area contributed by atoms with Gasteiger partial charge in [0, 0.05) is 18.8 Å². The van der Waals surface area contributed by atoms with E-state index >= 15 is 0 Å². The number of benzene rings is 2. The van der Waals surface area contributed by atoms with E-state index in [1.54, 1.807) is 0 Å². The first kappa shape index (κ1) is 15.4. The van der Waals surface area contributed by atoms with E-state index in [0.29, 0.717) is 5.92 Å². The number of rotatable bonds is 3. The van der Waals surface area contributed by atoms with Crippen LogP contribution in [0, 0.1) is 18.3 Å². The third-order valence-corrected chi connectivity index (χ3v) is 4.77. The summed E-state index contributed by atoms with van der Waals surface area (Å²) in [6, 6.07) is 18.8. The van der Waals surface area contributed by atoms with Gasteiger partial charge in [-0.05, 0) is 48.9 Å². The standard InChI is InChI=1S/C21H22N2/c1-16-3-7-19(8-4-16)17(2)23-13-11-21(12-14-23)20-9-5-18(15-22)6-10-20/h3-10,21H,2,11-14H2,1H3. The fourth-order valence-electron chi connectivity index (χ4n) is 3.24. The quantitative estimate of drug-likeness (QED) is 0.820. The first-order valence-corrected chi connectivity index (χ1v) is 8.18. The molecule has 2 aromatic rings. The van der Waals surface area contributed by atoms with Crippen LogP contribution < -0.4 is 0 Å². The Kier molecular flexibility index (Phi) is 4.48. The fourth-order valence-corrected chi connectivity index (χ4v) is 3.24. The highest BCUT2D eigenvalue weighted by Crippen LogP contribution is 2.31. The zero-order valence-electron chi connectivity index (χ0n) is 13.6. The van der Waals surface area contributed by atoms with Crippen LogP contribution in [0.5, 0.6) is 0 Å². The molecule has 0 N–H and O–H groups in total. The minimum Gasteiger partial charge on any atom is -0.371 e. The lowest BCUT2D eigenvalue weighted by Gasteiger charge is -2.35. The summed E-state index contributed by atoms with van der Waals surface area (Å²) >= 11 is 0. The number of likely N-dealkylation sites (tertiary alicyclic amines) is 1. The lowest BCUT2D eigenvalue weighted by atomic mass is 9.88. The maximum Gasteiger partial charge on any atom is 0.0991 e. The van der Waals surface area contributed by atoms with Crippen molar-refractivity contribution in [3.63, 3.8) is 0 Å². The van der Waals surface area contributed by atoms with E-state index in [-0.39, 0.29) is 0 Å². The van der Waals surface area contributed by atoms with Gasteiger partial charge in [0.1, 0.15) is 0 Å². The molecule has 23 heavy (non-hydrogen) atoms. The molecule has 1 fully saturated rings. The Morgan fingerprint density at radius 1 is 1.04 bits per heavy atom. The van der Waals surface area contributed by atoms with Crippen molar-refractivity contribution in [2.45, 2.75) is 25.7 Å². The summed E-state index contributed by atoms with van der Waals surface area (Å²) in [5.74, 6) is 0.588. The Hall–Kier alpha value is -2.53. The molecule has 0 bridgehead atoms. The Morgan fingerprint density at radius 3 is 2.22 bits per heavy atom. The van der Waals surface area contributed by atoms with Crippen molar-refractivity contribution in [3.8, 4) is 6.07 Å². The van der Waals surface area contributed by atoms with Crippen LogP contribution >= 0.6 is 0 Å². The van der Waals surface area contributed by atoms with Gasteiger partial charge in [-0.2, -0.15) is 5.26 Å². The second-order valence-corrected chi connectivity index (χ2v) is 6.31. The van der Waals surface area contributed by atoms with Gasteiger partial charge in [-0.3, -0.25) is 0 Å². The predicted octanol–water partition coefficient (Wildman–Crippen LogP) is 4.72. The first-order valence-electron chi connectivity index (χ1n) is 8.18. The van der Waals surface area contributed by atoms with Crippen molar-refractivity contribution < 1.29 is 0 Å². The Bertz CT molecular complexity index is 712. The average molecular weight is 302 g/mol. The van der Waals surface area contributed by atoms with Crippen LogP contribution in [-0.2, 0) is 0 Å². The first-order chi connectivity index (χ1) is 11.2. The van der Waals surface area contributed by atoms with Crippen molar-refractivity contribution in [2.75, 3.05) is 13.1 Å². The fraction of sp³-hybridized carbons (Fsp3) is 0.286. The molecule has 0 spiro atoms. The Morgan fingerprint density at radius 2 is 1.65 bits per heavy atom. The number of nitrogens with zero attached hydrogens (tertiary/aromatic N) is 2. The minimum atomic E-state index is 0.588. The lowest BCUT2D eigenvalue weighted by molar-refractivity contribution is 0.299. The molecule has 116 valence electrons. The van der Waals surface area contributed by atoms with Crippen LogP contribution in [0.4, 0.5) is 0 Å². The summed E-state index contributed by atoms with van der Waals surface area (Å²) in [6.45, 7) is 8.47. The molecule has 1 aliphatic rings. The Labute approximate surface area is 138 Å². The molecule has 1 heterocycles. The van der Waals surface area contributed by atoms with Crippen LogP contribution in [0.1, 0.15) is 41.0 Å². The normalized spacial score (nSPS) is 15.2. The van der Waals surface area contributed by atoms with E-state index in [1.165, 1.54) is 16.7 Å². The number of piperidine rings is 1.